The number of ether oxygens (including phenoxy) is 1. The van der Waals surface area contributed by atoms with E-state index >= 15 is 0 Å². The Hall–Kier alpha value is -2.36. The van der Waals surface area contributed by atoms with Gasteiger partial charge in [0.15, 0.2) is 5.78 Å². The highest BCUT2D eigenvalue weighted by Crippen LogP contribution is 2.35. The van der Waals surface area contributed by atoms with Crippen molar-refractivity contribution in [3.05, 3.63) is 62.2 Å². The van der Waals surface area contributed by atoms with Crippen molar-refractivity contribution in [3.63, 3.8) is 0 Å². The van der Waals surface area contributed by atoms with Gasteiger partial charge in [-0.25, -0.2) is 13.1 Å². The third-order valence-electron chi connectivity index (χ3n) is 4.76. The van der Waals surface area contributed by atoms with E-state index in [9.17, 15) is 13.2 Å². The Kier molecular flexibility index (Phi) is 5.14. The third kappa shape index (κ3) is 3.77. The van der Waals surface area contributed by atoms with Crippen LogP contribution in [0.5, 0.6) is 0 Å². The first-order valence-corrected chi connectivity index (χ1v) is 11.5. The van der Waals surface area contributed by atoms with E-state index in [1.54, 1.807) is 18.6 Å². The molecule has 3 heterocycles. The number of thiophene rings is 1. The molecule has 0 fully saturated rings. The summed E-state index contributed by atoms with van der Waals surface area (Å²) in [5.74, 6) is -0.246. The summed E-state index contributed by atoms with van der Waals surface area (Å²) in [6, 6.07) is 1.39. The molecular weight excluding hydrogens is 436 g/mol. The zero-order chi connectivity index (χ0) is 20.8. The van der Waals surface area contributed by atoms with Crippen LogP contribution in [0.2, 0.25) is 5.02 Å². The molecule has 0 aromatic carbocycles. The number of nitrogens with one attached hydrogen (secondary N) is 1. The van der Waals surface area contributed by atoms with E-state index in [2.05, 4.69) is 16.0 Å². The maximum Gasteiger partial charge on any atom is 0.265 e. The van der Waals surface area contributed by atoms with Crippen molar-refractivity contribution in [2.24, 2.45) is 5.92 Å². The number of ketones is 1. The van der Waals surface area contributed by atoms with Gasteiger partial charge in [-0.05, 0) is 36.4 Å². The summed E-state index contributed by atoms with van der Waals surface area (Å²) >= 11 is 7.07. The summed E-state index contributed by atoms with van der Waals surface area (Å²) in [6.45, 7) is 4.13. The highest BCUT2D eigenvalue weighted by molar-refractivity contribution is 7.93. The first-order chi connectivity index (χ1) is 13.8. The van der Waals surface area contributed by atoms with Crippen molar-refractivity contribution >= 4 is 44.6 Å². The molecule has 0 saturated carbocycles. The summed E-state index contributed by atoms with van der Waals surface area (Å²) in [4.78, 5) is 13.0. The topological polar surface area (TPSA) is 98.5 Å². The number of Topliss-reactive ketones (excluding diaryl/α,β-unsaturated/α-hetero) is 1. The number of sulfonamides is 1. The molecule has 1 unspecified atom stereocenters. The summed E-state index contributed by atoms with van der Waals surface area (Å²) in [5, 5.41) is 5.26. The number of rotatable bonds is 6. The number of carbonyl (C=O) groups excluding carboxylic acids is 1. The molecule has 7 nitrogen and oxygen atoms in total. The SMILES string of the molecule is CC1=CC2COC=C2C=C1CC(=O)c1sccc1S(=O)(=O)Nc1onc(C)c1Cl. The maximum absolute atomic E-state index is 12.9. The second-order valence-electron chi connectivity index (χ2n) is 6.81. The molecule has 2 aliphatic rings. The minimum Gasteiger partial charge on any atom is -0.500 e. The number of aryl methyl sites for hydroxylation is 1. The van der Waals surface area contributed by atoms with Crippen LogP contribution < -0.4 is 4.72 Å². The van der Waals surface area contributed by atoms with Gasteiger partial charge in [-0.2, -0.15) is 0 Å². The van der Waals surface area contributed by atoms with Crippen LogP contribution >= 0.6 is 22.9 Å². The quantitative estimate of drug-likeness (QED) is 0.648. The first-order valence-electron chi connectivity index (χ1n) is 8.72. The van der Waals surface area contributed by atoms with E-state index in [4.69, 9.17) is 20.9 Å². The standard InChI is InChI=1S/C19H17ClN2O5S2/c1-10-5-13-8-26-9-14(13)6-12(10)7-15(23)18-16(3-4-28-18)29(24,25)22-19-17(20)11(2)21-27-19/h3-6,9,13,22H,7-8H2,1-2H3. The second-order valence-corrected chi connectivity index (χ2v) is 9.75. The van der Waals surface area contributed by atoms with Gasteiger partial charge in [0.1, 0.15) is 15.6 Å². The monoisotopic (exact) mass is 452 g/mol. The molecule has 4 rings (SSSR count). The number of anilines is 1. The molecule has 2 aromatic heterocycles. The van der Waals surface area contributed by atoms with Gasteiger partial charge in [0.25, 0.3) is 15.9 Å². The normalized spacial score (nSPS) is 18.4. The van der Waals surface area contributed by atoms with Gasteiger partial charge in [0.05, 0.1) is 17.7 Å². The minimum absolute atomic E-state index is 0.0754. The number of nitrogens with zero attached hydrogens (tertiary/aromatic N) is 1. The Morgan fingerprint density at radius 1 is 1.41 bits per heavy atom. The number of halogens is 1. The van der Waals surface area contributed by atoms with Crippen molar-refractivity contribution in [3.8, 4) is 0 Å². The average molecular weight is 453 g/mol. The lowest BCUT2D eigenvalue weighted by atomic mass is 9.87. The Bertz CT molecular complexity index is 1190. The van der Waals surface area contributed by atoms with Crippen LogP contribution in [-0.2, 0) is 14.8 Å². The molecule has 2 aromatic rings. The molecule has 0 radical (unpaired) electrons. The molecule has 1 aliphatic carbocycles. The smallest absolute Gasteiger partial charge is 0.265 e. The molecule has 0 bridgehead atoms. The molecule has 29 heavy (non-hydrogen) atoms. The molecule has 1 aliphatic heterocycles. The lowest BCUT2D eigenvalue weighted by molar-refractivity contribution is 0.0994. The fourth-order valence-electron chi connectivity index (χ4n) is 3.20. The van der Waals surface area contributed by atoms with E-state index in [1.165, 1.54) is 6.07 Å². The van der Waals surface area contributed by atoms with Crippen molar-refractivity contribution in [2.45, 2.75) is 25.2 Å². The average Bonchev–Trinajstić information content (AvgIpc) is 3.39. The number of hydrogen-bond donors (Lipinski definition) is 1. The van der Waals surface area contributed by atoms with Gasteiger partial charge in [-0.15, -0.1) is 11.3 Å². The number of hydrogen-bond acceptors (Lipinski definition) is 7. The lowest BCUT2D eigenvalue weighted by Gasteiger charge is -2.17. The molecule has 1 atom stereocenters. The summed E-state index contributed by atoms with van der Waals surface area (Å²) < 4.78 is 38.1. The fraction of sp³-hybridized carbons (Fsp3) is 0.263. The Morgan fingerprint density at radius 3 is 2.93 bits per heavy atom. The summed E-state index contributed by atoms with van der Waals surface area (Å²) in [5.41, 5.74) is 3.23. The van der Waals surface area contributed by atoms with Crippen molar-refractivity contribution in [1.29, 1.82) is 0 Å². The number of carbonyl (C=O) groups is 1. The Balaban J connectivity index is 1.58. The highest BCUT2D eigenvalue weighted by Gasteiger charge is 2.29. The van der Waals surface area contributed by atoms with E-state index < -0.39 is 10.0 Å². The van der Waals surface area contributed by atoms with Gasteiger partial charge in [0, 0.05) is 12.3 Å². The van der Waals surface area contributed by atoms with Gasteiger partial charge >= 0.3 is 0 Å². The largest absolute Gasteiger partial charge is 0.500 e. The van der Waals surface area contributed by atoms with Gasteiger partial charge in [-0.1, -0.05) is 34.5 Å². The highest BCUT2D eigenvalue weighted by atomic mass is 35.5. The number of fused-ring (bicyclic) bond motifs is 1. The van der Waals surface area contributed by atoms with Crippen LogP contribution in [0.1, 0.15) is 28.7 Å². The predicted octanol–water partition coefficient (Wildman–Crippen LogP) is 4.49. The van der Waals surface area contributed by atoms with Crippen LogP contribution in [0.3, 0.4) is 0 Å². The Morgan fingerprint density at radius 2 is 2.21 bits per heavy atom. The van der Waals surface area contributed by atoms with Gasteiger partial charge < -0.3 is 9.26 Å². The molecule has 152 valence electrons. The zero-order valence-corrected chi connectivity index (χ0v) is 18.0. The molecule has 10 heteroatoms. The van der Waals surface area contributed by atoms with Crippen LogP contribution in [-0.4, -0.2) is 26.0 Å². The van der Waals surface area contributed by atoms with E-state index in [1.807, 2.05) is 13.0 Å². The summed E-state index contributed by atoms with van der Waals surface area (Å²) in [7, 11) is -4.07. The van der Waals surface area contributed by atoms with E-state index in [-0.39, 0.29) is 38.8 Å². The summed E-state index contributed by atoms with van der Waals surface area (Å²) in [6.07, 6.45) is 5.81. The van der Waals surface area contributed by atoms with Gasteiger partial charge in [-0.3, -0.25) is 4.79 Å². The number of aromatic nitrogens is 1. The van der Waals surface area contributed by atoms with Crippen LogP contribution in [0.4, 0.5) is 5.88 Å². The molecule has 1 N–H and O–H groups in total. The van der Waals surface area contributed by atoms with Crippen molar-refractivity contribution in [2.75, 3.05) is 11.3 Å². The predicted molar refractivity (Wildman–Crippen MR) is 110 cm³/mol. The maximum atomic E-state index is 12.9. The van der Waals surface area contributed by atoms with E-state index in [0.717, 1.165) is 28.1 Å². The molecule has 0 amide bonds. The second kappa shape index (κ2) is 7.47. The molecular formula is C19H17ClN2O5S2. The van der Waals surface area contributed by atoms with Crippen LogP contribution in [0, 0.1) is 12.8 Å². The molecule has 0 spiro atoms. The van der Waals surface area contributed by atoms with Crippen molar-refractivity contribution < 1.29 is 22.5 Å². The van der Waals surface area contributed by atoms with Gasteiger partial charge in [0.2, 0.25) is 0 Å². The van der Waals surface area contributed by atoms with Crippen molar-refractivity contribution in [1.82, 2.24) is 5.16 Å². The third-order valence-corrected chi connectivity index (χ3v) is 7.67. The fourth-order valence-corrected chi connectivity index (χ4v) is 5.75. The number of allylic oxidation sites excluding steroid dienone is 3. The molecule has 0 saturated heterocycles. The first kappa shape index (κ1) is 19.9. The van der Waals surface area contributed by atoms with E-state index in [0.29, 0.717) is 12.3 Å². The van der Waals surface area contributed by atoms with Crippen LogP contribution in [0.25, 0.3) is 0 Å². The Labute approximate surface area is 176 Å². The zero-order valence-electron chi connectivity index (χ0n) is 15.6. The van der Waals surface area contributed by atoms with Crippen LogP contribution in [0.15, 0.2) is 56.0 Å². The lowest BCUT2D eigenvalue weighted by Crippen LogP contribution is -2.16. The minimum atomic E-state index is -4.07.